The van der Waals surface area contributed by atoms with E-state index in [1.807, 2.05) is 0 Å². The molecule has 0 unspecified atom stereocenters. The number of hydrogen-bond donors (Lipinski definition) is 1. The Balaban J connectivity index is 1.59. The van der Waals surface area contributed by atoms with Gasteiger partial charge in [0.05, 0.1) is 5.92 Å². The lowest BCUT2D eigenvalue weighted by Crippen LogP contribution is -2.29. The maximum absolute atomic E-state index is 12.3. The van der Waals surface area contributed by atoms with Crippen LogP contribution in [-0.2, 0) is 9.59 Å². The second-order valence-corrected chi connectivity index (χ2v) is 5.65. The van der Waals surface area contributed by atoms with Crippen molar-refractivity contribution in [1.82, 2.24) is 4.90 Å². The van der Waals surface area contributed by atoms with Crippen molar-refractivity contribution in [2.24, 2.45) is 5.92 Å². The summed E-state index contributed by atoms with van der Waals surface area (Å²) in [6, 6.07) is 5.29. The van der Waals surface area contributed by atoms with E-state index in [2.05, 4.69) is 12.2 Å². The number of unbranched alkanes of at least 4 members (excludes halogenated alkanes) is 1. The molecule has 6 heteroatoms. The van der Waals surface area contributed by atoms with Crippen LogP contribution >= 0.6 is 0 Å². The number of amides is 2. The largest absolute Gasteiger partial charge is 0.454 e. The molecular formula is C16H20N2O4. The van der Waals surface area contributed by atoms with Crippen molar-refractivity contribution < 1.29 is 19.1 Å². The van der Waals surface area contributed by atoms with Gasteiger partial charge >= 0.3 is 0 Å². The zero-order valence-electron chi connectivity index (χ0n) is 12.6. The van der Waals surface area contributed by atoms with Gasteiger partial charge in [0.15, 0.2) is 11.5 Å². The van der Waals surface area contributed by atoms with Crippen molar-refractivity contribution in [3.8, 4) is 11.5 Å². The summed E-state index contributed by atoms with van der Waals surface area (Å²) in [5.74, 6) is 0.977. The van der Waals surface area contributed by atoms with Crippen molar-refractivity contribution in [3.05, 3.63) is 18.2 Å². The molecule has 2 heterocycles. The Labute approximate surface area is 129 Å². The lowest BCUT2D eigenvalue weighted by atomic mass is 10.1. The predicted molar refractivity (Wildman–Crippen MR) is 80.8 cm³/mol. The molecule has 2 amide bonds. The SMILES string of the molecule is CCCCN1C[C@H](C(=O)Nc2ccc3c(c2)OCO3)CC1=O. The summed E-state index contributed by atoms with van der Waals surface area (Å²) in [5, 5.41) is 2.86. The maximum Gasteiger partial charge on any atom is 0.231 e. The first-order valence-electron chi connectivity index (χ1n) is 7.65. The third-order valence-corrected chi connectivity index (χ3v) is 4.01. The summed E-state index contributed by atoms with van der Waals surface area (Å²) in [5.41, 5.74) is 0.661. The summed E-state index contributed by atoms with van der Waals surface area (Å²) in [6.07, 6.45) is 2.31. The van der Waals surface area contributed by atoms with Crippen molar-refractivity contribution in [2.45, 2.75) is 26.2 Å². The molecule has 1 fully saturated rings. The standard InChI is InChI=1S/C16H20N2O4/c1-2-3-6-18-9-11(7-15(18)19)16(20)17-12-4-5-13-14(8-12)22-10-21-13/h4-5,8,11H,2-3,6-7,9-10H2,1H3,(H,17,20)/t11-/m1/s1. The highest BCUT2D eigenvalue weighted by Crippen LogP contribution is 2.34. The van der Waals surface area contributed by atoms with E-state index in [9.17, 15) is 9.59 Å². The van der Waals surface area contributed by atoms with Gasteiger partial charge < -0.3 is 19.7 Å². The third kappa shape index (κ3) is 3.00. The van der Waals surface area contributed by atoms with Crippen molar-refractivity contribution >= 4 is 17.5 Å². The molecule has 0 saturated carbocycles. The number of rotatable bonds is 5. The van der Waals surface area contributed by atoms with E-state index in [-0.39, 0.29) is 24.5 Å². The lowest BCUT2D eigenvalue weighted by molar-refractivity contribution is -0.128. The number of hydrogen-bond acceptors (Lipinski definition) is 4. The average molecular weight is 304 g/mol. The molecule has 3 rings (SSSR count). The molecule has 0 aliphatic carbocycles. The Morgan fingerprint density at radius 2 is 2.18 bits per heavy atom. The van der Waals surface area contributed by atoms with Crippen LogP contribution in [0.4, 0.5) is 5.69 Å². The Kier molecular flexibility index (Phi) is 4.18. The molecule has 0 radical (unpaired) electrons. The molecule has 6 nitrogen and oxygen atoms in total. The highest BCUT2D eigenvalue weighted by atomic mass is 16.7. The van der Waals surface area contributed by atoms with Crippen LogP contribution in [0.2, 0.25) is 0 Å². The molecule has 1 aromatic carbocycles. The molecular weight excluding hydrogens is 284 g/mol. The van der Waals surface area contributed by atoms with Crippen LogP contribution in [0, 0.1) is 5.92 Å². The van der Waals surface area contributed by atoms with Gasteiger partial charge in [-0.3, -0.25) is 9.59 Å². The molecule has 1 atom stereocenters. The van der Waals surface area contributed by atoms with Crippen LogP contribution in [0.5, 0.6) is 11.5 Å². The summed E-state index contributed by atoms with van der Waals surface area (Å²) >= 11 is 0. The first-order chi connectivity index (χ1) is 10.7. The highest BCUT2D eigenvalue weighted by Gasteiger charge is 2.33. The summed E-state index contributed by atoms with van der Waals surface area (Å²) in [6.45, 7) is 3.54. The minimum Gasteiger partial charge on any atom is -0.454 e. The smallest absolute Gasteiger partial charge is 0.231 e. The fourth-order valence-electron chi connectivity index (χ4n) is 2.73. The number of anilines is 1. The Morgan fingerprint density at radius 1 is 1.36 bits per heavy atom. The molecule has 1 N–H and O–H groups in total. The summed E-state index contributed by atoms with van der Waals surface area (Å²) in [7, 11) is 0. The Morgan fingerprint density at radius 3 is 3.00 bits per heavy atom. The van der Waals surface area contributed by atoms with Crippen molar-refractivity contribution in [3.63, 3.8) is 0 Å². The van der Waals surface area contributed by atoms with Crippen molar-refractivity contribution in [2.75, 3.05) is 25.2 Å². The molecule has 2 aliphatic rings. The van der Waals surface area contributed by atoms with Gasteiger partial charge in [0.2, 0.25) is 18.6 Å². The minimum absolute atomic E-state index is 0.0688. The van der Waals surface area contributed by atoms with E-state index in [1.165, 1.54) is 0 Å². The number of ether oxygens (including phenoxy) is 2. The molecule has 0 bridgehead atoms. The molecule has 22 heavy (non-hydrogen) atoms. The van der Waals surface area contributed by atoms with Gasteiger partial charge in [0.25, 0.3) is 0 Å². The molecule has 0 spiro atoms. The number of nitrogens with one attached hydrogen (secondary N) is 1. The highest BCUT2D eigenvalue weighted by molar-refractivity contribution is 5.97. The van der Waals surface area contributed by atoms with E-state index >= 15 is 0 Å². The van der Waals surface area contributed by atoms with Crippen LogP contribution < -0.4 is 14.8 Å². The Hall–Kier alpha value is -2.24. The van der Waals surface area contributed by atoms with E-state index in [4.69, 9.17) is 9.47 Å². The van der Waals surface area contributed by atoms with Gasteiger partial charge in [-0.1, -0.05) is 13.3 Å². The molecule has 0 aromatic heterocycles. The van der Waals surface area contributed by atoms with Gasteiger partial charge in [-0.25, -0.2) is 0 Å². The molecule has 1 saturated heterocycles. The minimum atomic E-state index is -0.283. The van der Waals surface area contributed by atoms with Gasteiger partial charge in [0.1, 0.15) is 0 Å². The second-order valence-electron chi connectivity index (χ2n) is 5.65. The van der Waals surface area contributed by atoms with Gasteiger partial charge in [0, 0.05) is 31.3 Å². The number of nitrogens with zero attached hydrogens (tertiary/aromatic N) is 1. The number of benzene rings is 1. The zero-order valence-corrected chi connectivity index (χ0v) is 12.6. The van der Waals surface area contributed by atoms with Crippen LogP contribution in [0.15, 0.2) is 18.2 Å². The van der Waals surface area contributed by atoms with Crippen LogP contribution in [0.1, 0.15) is 26.2 Å². The average Bonchev–Trinajstić information content (AvgIpc) is 3.11. The number of carbonyl (C=O) groups excluding carboxylic acids is 2. The van der Waals surface area contributed by atoms with Gasteiger partial charge in [-0.15, -0.1) is 0 Å². The normalized spacial score (nSPS) is 19.6. The zero-order chi connectivity index (χ0) is 15.5. The first-order valence-corrected chi connectivity index (χ1v) is 7.65. The van der Waals surface area contributed by atoms with Crippen LogP contribution in [0.25, 0.3) is 0 Å². The fourth-order valence-corrected chi connectivity index (χ4v) is 2.73. The first kappa shape index (κ1) is 14.7. The number of carbonyl (C=O) groups is 2. The summed E-state index contributed by atoms with van der Waals surface area (Å²) in [4.78, 5) is 26.0. The van der Waals surface area contributed by atoms with E-state index < -0.39 is 0 Å². The monoisotopic (exact) mass is 304 g/mol. The summed E-state index contributed by atoms with van der Waals surface area (Å²) < 4.78 is 10.5. The van der Waals surface area contributed by atoms with Crippen molar-refractivity contribution in [1.29, 1.82) is 0 Å². The number of fused-ring (bicyclic) bond motifs is 1. The van der Waals surface area contributed by atoms with Gasteiger partial charge in [-0.2, -0.15) is 0 Å². The number of likely N-dealkylation sites (tertiary alicyclic amines) is 1. The predicted octanol–water partition coefficient (Wildman–Crippen LogP) is 2.00. The van der Waals surface area contributed by atoms with E-state index in [1.54, 1.807) is 23.1 Å². The molecule has 1 aromatic rings. The quantitative estimate of drug-likeness (QED) is 0.903. The Bertz CT molecular complexity index is 588. The molecule has 2 aliphatic heterocycles. The fraction of sp³-hybridized carbons (Fsp3) is 0.500. The van der Waals surface area contributed by atoms with Gasteiger partial charge in [-0.05, 0) is 18.6 Å². The molecule has 118 valence electrons. The van der Waals surface area contributed by atoms with E-state index in [0.717, 1.165) is 19.4 Å². The second kappa shape index (κ2) is 6.25. The van der Waals surface area contributed by atoms with E-state index in [0.29, 0.717) is 30.2 Å². The lowest BCUT2D eigenvalue weighted by Gasteiger charge is -2.16. The van der Waals surface area contributed by atoms with Crippen LogP contribution in [-0.4, -0.2) is 36.6 Å². The van der Waals surface area contributed by atoms with Crippen LogP contribution in [0.3, 0.4) is 0 Å². The topological polar surface area (TPSA) is 67.9 Å². The maximum atomic E-state index is 12.3. The third-order valence-electron chi connectivity index (χ3n) is 4.01.